The quantitative estimate of drug-likeness (QED) is 0.450. The fourth-order valence-electron chi connectivity index (χ4n) is 5.35. The van der Waals surface area contributed by atoms with Gasteiger partial charge in [-0.05, 0) is 43.0 Å². The molecule has 0 aliphatic carbocycles. The van der Waals surface area contributed by atoms with E-state index in [9.17, 15) is 15.0 Å². The zero-order valence-corrected chi connectivity index (χ0v) is 23.0. The van der Waals surface area contributed by atoms with Gasteiger partial charge in [-0.25, -0.2) is 0 Å². The average Bonchev–Trinajstić information content (AvgIpc) is 3.40. The van der Waals surface area contributed by atoms with Crippen LogP contribution in [0.25, 0.3) is 0 Å². The second-order valence-electron chi connectivity index (χ2n) is 10.0. The van der Waals surface area contributed by atoms with E-state index in [1.54, 1.807) is 21.1 Å². The third kappa shape index (κ3) is 6.20. The van der Waals surface area contributed by atoms with Crippen LogP contribution in [-0.4, -0.2) is 73.8 Å². The van der Waals surface area contributed by atoms with Crippen molar-refractivity contribution in [2.75, 3.05) is 21.3 Å². The summed E-state index contributed by atoms with van der Waals surface area (Å²) in [6.45, 7) is 5.36. The van der Waals surface area contributed by atoms with Gasteiger partial charge in [-0.15, -0.1) is 0 Å². The Morgan fingerprint density at radius 3 is 2.39 bits per heavy atom. The Labute approximate surface area is 218 Å². The van der Waals surface area contributed by atoms with Gasteiger partial charge in [-0.3, -0.25) is 4.79 Å². The molecule has 0 amide bonds. The highest BCUT2D eigenvalue weighted by Crippen LogP contribution is 2.42. The minimum absolute atomic E-state index is 0.140. The van der Waals surface area contributed by atoms with Crippen LogP contribution in [-0.2, 0) is 28.5 Å². The highest BCUT2D eigenvalue weighted by Gasteiger charge is 2.58. The van der Waals surface area contributed by atoms with Gasteiger partial charge in [-0.2, -0.15) is 11.3 Å². The SMILES string of the molecule is CO[C@H]1CCCC[C@@H](c2ccsc2)OC(=O)[C@@H](C)[C@@]2(O)O[C@H]([C@@H](C)[C@H](O)[C@H]2OC)[C@@H](C)/C=C/[C@H]1OC. The molecule has 9 heteroatoms. The number of carbonyl (C=O) groups is 1. The van der Waals surface area contributed by atoms with Crippen LogP contribution in [0.2, 0.25) is 0 Å². The number of aliphatic hydroxyl groups excluding tert-OH is 1. The maximum atomic E-state index is 13.4. The number of rotatable bonds is 4. The monoisotopic (exact) mass is 526 g/mol. The number of methoxy groups -OCH3 is 3. The third-order valence-electron chi connectivity index (χ3n) is 7.77. The van der Waals surface area contributed by atoms with E-state index in [-0.39, 0.29) is 24.0 Å². The maximum absolute atomic E-state index is 13.4. The van der Waals surface area contributed by atoms with Crippen LogP contribution in [0.5, 0.6) is 0 Å². The molecule has 1 saturated heterocycles. The molecule has 1 aromatic rings. The van der Waals surface area contributed by atoms with Gasteiger partial charge in [0.15, 0.2) is 0 Å². The molecule has 0 saturated carbocycles. The van der Waals surface area contributed by atoms with Crippen LogP contribution >= 0.6 is 11.3 Å². The zero-order chi connectivity index (χ0) is 26.5. The van der Waals surface area contributed by atoms with E-state index in [0.29, 0.717) is 6.42 Å². The normalized spacial score (nSPS) is 42.0. The Morgan fingerprint density at radius 2 is 1.78 bits per heavy atom. The maximum Gasteiger partial charge on any atom is 0.314 e. The summed E-state index contributed by atoms with van der Waals surface area (Å²) in [6, 6.07) is 1.95. The summed E-state index contributed by atoms with van der Waals surface area (Å²) in [5.41, 5.74) is 0.919. The summed E-state index contributed by atoms with van der Waals surface area (Å²) in [6.07, 6.45) is 3.42. The lowest BCUT2D eigenvalue weighted by Gasteiger charge is -2.51. The number of hydrogen-bond donors (Lipinski definition) is 2. The van der Waals surface area contributed by atoms with Crippen LogP contribution in [0.3, 0.4) is 0 Å². The molecule has 2 N–H and O–H groups in total. The second-order valence-corrected chi connectivity index (χ2v) is 10.8. The second kappa shape index (κ2) is 13.0. The number of fused-ring (bicyclic) bond motifs is 2. The fourth-order valence-corrected chi connectivity index (χ4v) is 6.05. The molecule has 8 nitrogen and oxygen atoms in total. The van der Waals surface area contributed by atoms with Crippen molar-refractivity contribution in [1.82, 2.24) is 0 Å². The number of aliphatic hydroxyl groups is 2. The number of esters is 1. The van der Waals surface area contributed by atoms with Gasteiger partial charge in [0, 0.05) is 38.7 Å². The standard InChI is InChI=1S/C27H42O8S/c1-16-11-12-22(32-5)21(31-4)10-8-7-9-20(19-13-14-36-15-19)34-26(29)18(3)27(30)25(33-6)23(28)17(2)24(16)35-27/h11-18,20-25,28,30H,7-10H2,1-6H3/b12-11+/t16-,17-,18+,20-,21-,22+,23-,24-,25+,27+/m0/s1. The molecule has 3 heterocycles. The number of cyclic esters (lactones) is 1. The topological polar surface area (TPSA) is 104 Å². The molecule has 0 aromatic carbocycles. The Morgan fingerprint density at radius 1 is 1.06 bits per heavy atom. The van der Waals surface area contributed by atoms with Crippen LogP contribution in [0.4, 0.5) is 0 Å². The number of hydrogen-bond acceptors (Lipinski definition) is 9. The van der Waals surface area contributed by atoms with Crippen molar-refractivity contribution in [2.45, 2.75) is 88.9 Å². The molecule has 2 aliphatic rings. The van der Waals surface area contributed by atoms with Gasteiger partial charge < -0.3 is 33.9 Å². The first-order chi connectivity index (χ1) is 17.2. The summed E-state index contributed by atoms with van der Waals surface area (Å²) in [5.74, 6) is -4.34. The van der Waals surface area contributed by atoms with Crippen LogP contribution in [0, 0.1) is 17.8 Å². The van der Waals surface area contributed by atoms with Crippen molar-refractivity contribution in [3.8, 4) is 0 Å². The van der Waals surface area contributed by atoms with Gasteiger partial charge in [0.05, 0.1) is 18.3 Å². The molecule has 1 aromatic heterocycles. The van der Waals surface area contributed by atoms with Gasteiger partial charge in [-0.1, -0.05) is 32.4 Å². The summed E-state index contributed by atoms with van der Waals surface area (Å²) < 4.78 is 29.2. The number of ether oxygens (including phenoxy) is 5. The van der Waals surface area contributed by atoms with E-state index in [2.05, 4.69) is 0 Å². The number of thiophene rings is 1. The summed E-state index contributed by atoms with van der Waals surface area (Å²) >= 11 is 1.54. The highest BCUT2D eigenvalue weighted by atomic mass is 32.1. The van der Waals surface area contributed by atoms with E-state index in [0.717, 1.165) is 24.8 Å². The van der Waals surface area contributed by atoms with Crippen molar-refractivity contribution < 1.29 is 38.7 Å². The van der Waals surface area contributed by atoms with Gasteiger partial charge >= 0.3 is 5.97 Å². The molecule has 0 radical (unpaired) electrons. The molecular formula is C27H42O8S. The van der Waals surface area contributed by atoms with Crippen molar-refractivity contribution in [1.29, 1.82) is 0 Å². The Kier molecular flexibility index (Phi) is 10.5. The van der Waals surface area contributed by atoms with Crippen LogP contribution in [0.1, 0.15) is 58.1 Å². The molecule has 3 rings (SSSR count). The van der Waals surface area contributed by atoms with Crippen LogP contribution < -0.4 is 0 Å². The summed E-state index contributed by atoms with van der Waals surface area (Å²) in [7, 11) is 4.73. The first-order valence-corrected chi connectivity index (χ1v) is 13.7. The van der Waals surface area contributed by atoms with Crippen molar-refractivity contribution in [3.05, 3.63) is 34.5 Å². The Balaban J connectivity index is 1.99. The lowest BCUT2D eigenvalue weighted by atomic mass is 9.78. The molecule has 1 fully saturated rings. The Hall–Kier alpha value is -1.33. The first kappa shape index (κ1) is 29.2. The summed E-state index contributed by atoms with van der Waals surface area (Å²) in [4.78, 5) is 13.4. The smallest absolute Gasteiger partial charge is 0.314 e. The van der Waals surface area contributed by atoms with Crippen molar-refractivity contribution in [2.24, 2.45) is 17.8 Å². The third-order valence-corrected chi connectivity index (χ3v) is 8.47. The average molecular weight is 527 g/mol. The van der Waals surface area contributed by atoms with Crippen LogP contribution in [0.15, 0.2) is 29.0 Å². The van der Waals surface area contributed by atoms with Crippen molar-refractivity contribution in [3.63, 3.8) is 0 Å². The fraction of sp³-hybridized carbons (Fsp3) is 0.741. The predicted molar refractivity (Wildman–Crippen MR) is 136 cm³/mol. The molecule has 36 heavy (non-hydrogen) atoms. The molecule has 10 atom stereocenters. The predicted octanol–water partition coefficient (Wildman–Crippen LogP) is 3.86. The molecule has 2 bridgehead atoms. The minimum Gasteiger partial charge on any atom is -0.457 e. The lowest BCUT2D eigenvalue weighted by molar-refractivity contribution is -0.360. The molecule has 0 spiro atoms. The van der Waals surface area contributed by atoms with E-state index in [4.69, 9.17) is 23.7 Å². The van der Waals surface area contributed by atoms with Gasteiger partial charge in [0.1, 0.15) is 24.2 Å². The zero-order valence-electron chi connectivity index (χ0n) is 22.2. The van der Waals surface area contributed by atoms with E-state index >= 15 is 0 Å². The molecule has 2 aliphatic heterocycles. The minimum atomic E-state index is -2.07. The van der Waals surface area contributed by atoms with Gasteiger partial charge in [0.25, 0.3) is 0 Å². The van der Waals surface area contributed by atoms with E-state index in [1.165, 1.54) is 18.4 Å². The largest absolute Gasteiger partial charge is 0.457 e. The number of carbonyl (C=O) groups excluding carboxylic acids is 1. The van der Waals surface area contributed by atoms with Crippen molar-refractivity contribution >= 4 is 17.3 Å². The molecule has 204 valence electrons. The Bertz CT molecular complexity index is 845. The van der Waals surface area contributed by atoms with Gasteiger partial charge in [0.2, 0.25) is 5.79 Å². The van der Waals surface area contributed by atoms with E-state index < -0.39 is 42.1 Å². The summed E-state index contributed by atoms with van der Waals surface area (Å²) in [5, 5.41) is 26.8. The molecular weight excluding hydrogens is 484 g/mol. The molecule has 0 unspecified atom stereocenters. The highest BCUT2D eigenvalue weighted by molar-refractivity contribution is 7.07. The van der Waals surface area contributed by atoms with E-state index in [1.807, 2.05) is 42.8 Å². The first-order valence-electron chi connectivity index (χ1n) is 12.7. The lowest BCUT2D eigenvalue weighted by Crippen LogP contribution is -2.66.